The van der Waals surface area contributed by atoms with Crippen LogP contribution in [0.3, 0.4) is 0 Å². The number of carbonyl (C=O) groups is 1. The lowest BCUT2D eigenvalue weighted by molar-refractivity contribution is -0.149. The van der Waals surface area contributed by atoms with E-state index in [1.807, 2.05) is 13.0 Å². The smallest absolute Gasteiger partial charge is 0.311 e. The fourth-order valence-electron chi connectivity index (χ4n) is 3.44. The minimum Gasteiger partial charge on any atom is -0.466 e. The van der Waals surface area contributed by atoms with Crippen LogP contribution in [0.4, 0.5) is 0 Å². The molecule has 1 N–H and O–H groups in total. The van der Waals surface area contributed by atoms with Gasteiger partial charge in [-0.1, -0.05) is 44.2 Å². The second-order valence-electron chi connectivity index (χ2n) is 6.06. The lowest BCUT2D eigenvalue weighted by atomic mass is 9.68. The number of hydrogen-bond acceptors (Lipinski definition) is 3. The molecule has 2 rings (SSSR count). The molecule has 0 radical (unpaired) electrons. The minimum atomic E-state index is -0.137. The van der Waals surface area contributed by atoms with Gasteiger partial charge in [0.05, 0.1) is 12.5 Å². The highest BCUT2D eigenvalue weighted by Gasteiger charge is 2.48. The summed E-state index contributed by atoms with van der Waals surface area (Å²) in [7, 11) is 0. The third-order valence-corrected chi connectivity index (χ3v) is 4.15. The summed E-state index contributed by atoms with van der Waals surface area (Å²) in [6.45, 7) is 8.30. The molecule has 0 amide bonds. The summed E-state index contributed by atoms with van der Waals surface area (Å²) in [4.78, 5) is 12.4. The fraction of sp³-hybridized carbons (Fsp3) is 0.588. The van der Waals surface area contributed by atoms with Crippen molar-refractivity contribution in [1.29, 1.82) is 0 Å². The summed E-state index contributed by atoms with van der Waals surface area (Å²) < 4.78 is 5.31. The number of benzene rings is 1. The van der Waals surface area contributed by atoms with Gasteiger partial charge >= 0.3 is 5.97 Å². The van der Waals surface area contributed by atoms with E-state index in [1.165, 1.54) is 5.56 Å². The van der Waals surface area contributed by atoms with Crippen LogP contribution >= 0.6 is 0 Å². The van der Waals surface area contributed by atoms with E-state index in [4.69, 9.17) is 4.74 Å². The van der Waals surface area contributed by atoms with E-state index >= 15 is 0 Å². The zero-order chi connectivity index (χ0) is 14.6. The predicted octanol–water partition coefficient (Wildman–Crippen LogP) is 2.75. The van der Waals surface area contributed by atoms with Crippen LogP contribution in [0.15, 0.2) is 30.3 Å². The fourth-order valence-corrected chi connectivity index (χ4v) is 3.44. The van der Waals surface area contributed by atoms with Crippen LogP contribution in [0.25, 0.3) is 0 Å². The maximum absolute atomic E-state index is 12.4. The van der Waals surface area contributed by atoms with Crippen molar-refractivity contribution in [2.24, 2.45) is 11.8 Å². The van der Waals surface area contributed by atoms with E-state index in [9.17, 15) is 4.79 Å². The molecule has 1 saturated heterocycles. The van der Waals surface area contributed by atoms with E-state index in [1.54, 1.807) is 0 Å². The van der Waals surface area contributed by atoms with Crippen LogP contribution in [0, 0.1) is 11.8 Å². The second-order valence-corrected chi connectivity index (χ2v) is 6.06. The van der Waals surface area contributed by atoms with Crippen LogP contribution in [-0.4, -0.2) is 25.7 Å². The van der Waals surface area contributed by atoms with Crippen LogP contribution in [0.5, 0.6) is 0 Å². The highest BCUT2D eigenvalue weighted by Crippen LogP contribution is 2.41. The van der Waals surface area contributed by atoms with Crippen molar-refractivity contribution in [3.05, 3.63) is 35.9 Å². The third-order valence-electron chi connectivity index (χ3n) is 4.15. The molecule has 110 valence electrons. The summed E-state index contributed by atoms with van der Waals surface area (Å²) in [5, 5.41) is 3.41. The van der Waals surface area contributed by atoms with Gasteiger partial charge in [-0.15, -0.1) is 0 Å². The summed E-state index contributed by atoms with van der Waals surface area (Å²) in [5.74, 6) is 0.376. The van der Waals surface area contributed by atoms with E-state index < -0.39 is 0 Å². The maximum atomic E-state index is 12.4. The number of nitrogens with one attached hydrogen (secondary N) is 1. The van der Waals surface area contributed by atoms with Crippen molar-refractivity contribution in [2.75, 3.05) is 19.7 Å². The van der Waals surface area contributed by atoms with Crippen molar-refractivity contribution < 1.29 is 9.53 Å². The zero-order valence-corrected chi connectivity index (χ0v) is 12.7. The number of rotatable bonds is 5. The standard InChI is InChI=1S/C17H25NO2/c1-4-20-16(19)15-11-18-12-17(15,10-13(2)3)14-8-6-5-7-9-14/h5-9,13,15,18H,4,10-12H2,1-3H3. The Morgan fingerprint density at radius 2 is 2.10 bits per heavy atom. The molecule has 0 saturated carbocycles. The molecule has 20 heavy (non-hydrogen) atoms. The first-order valence-electron chi connectivity index (χ1n) is 7.53. The average molecular weight is 275 g/mol. The molecule has 1 aromatic rings. The summed E-state index contributed by atoms with van der Waals surface area (Å²) in [6, 6.07) is 10.4. The first-order valence-corrected chi connectivity index (χ1v) is 7.53. The van der Waals surface area contributed by atoms with E-state index in [-0.39, 0.29) is 17.3 Å². The molecule has 3 heteroatoms. The van der Waals surface area contributed by atoms with Crippen molar-refractivity contribution in [3.8, 4) is 0 Å². The van der Waals surface area contributed by atoms with Gasteiger partial charge < -0.3 is 10.1 Å². The Labute approximate surface area is 121 Å². The Kier molecular flexibility index (Phi) is 4.81. The van der Waals surface area contributed by atoms with Gasteiger partial charge in [-0.05, 0) is 24.8 Å². The topological polar surface area (TPSA) is 38.3 Å². The van der Waals surface area contributed by atoms with Gasteiger partial charge in [-0.25, -0.2) is 0 Å². The number of esters is 1. The molecule has 0 aromatic heterocycles. The quantitative estimate of drug-likeness (QED) is 0.840. The van der Waals surface area contributed by atoms with E-state index in [0.717, 1.165) is 13.0 Å². The SMILES string of the molecule is CCOC(=O)C1CNCC1(CC(C)C)c1ccccc1. The number of ether oxygens (including phenoxy) is 1. The molecule has 2 atom stereocenters. The number of hydrogen-bond donors (Lipinski definition) is 1. The minimum absolute atomic E-state index is 0.0676. The van der Waals surface area contributed by atoms with Crippen molar-refractivity contribution >= 4 is 5.97 Å². The average Bonchev–Trinajstić information content (AvgIpc) is 2.84. The highest BCUT2D eigenvalue weighted by molar-refractivity contribution is 5.75. The molecule has 2 unspecified atom stereocenters. The van der Waals surface area contributed by atoms with Crippen LogP contribution in [0.1, 0.15) is 32.8 Å². The van der Waals surface area contributed by atoms with Crippen LogP contribution in [-0.2, 0) is 14.9 Å². The van der Waals surface area contributed by atoms with Crippen molar-refractivity contribution in [3.63, 3.8) is 0 Å². The van der Waals surface area contributed by atoms with E-state index in [0.29, 0.717) is 19.1 Å². The molecule has 1 heterocycles. The summed E-state index contributed by atoms with van der Waals surface area (Å²) in [5.41, 5.74) is 1.11. The Balaban J connectivity index is 2.38. The molecule has 0 bridgehead atoms. The molecule has 1 aromatic carbocycles. The Bertz CT molecular complexity index is 444. The van der Waals surface area contributed by atoms with Gasteiger partial charge in [0.2, 0.25) is 0 Å². The summed E-state index contributed by atoms with van der Waals surface area (Å²) in [6.07, 6.45) is 0.994. The molecular formula is C17H25NO2. The van der Waals surface area contributed by atoms with Crippen LogP contribution in [0.2, 0.25) is 0 Å². The Hall–Kier alpha value is -1.35. The predicted molar refractivity (Wildman–Crippen MR) is 80.6 cm³/mol. The van der Waals surface area contributed by atoms with E-state index in [2.05, 4.69) is 43.4 Å². The van der Waals surface area contributed by atoms with Gasteiger partial charge in [0.1, 0.15) is 0 Å². The molecular weight excluding hydrogens is 250 g/mol. The summed E-state index contributed by atoms with van der Waals surface area (Å²) >= 11 is 0. The molecule has 3 nitrogen and oxygen atoms in total. The maximum Gasteiger partial charge on any atom is 0.311 e. The van der Waals surface area contributed by atoms with Gasteiger partial charge in [0.25, 0.3) is 0 Å². The normalized spacial score (nSPS) is 25.9. The third kappa shape index (κ3) is 2.88. The van der Waals surface area contributed by atoms with Crippen molar-refractivity contribution in [1.82, 2.24) is 5.32 Å². The molecule has 0 spiro atoms. The first-order chi connectivity index (χ1) is 9.60. The molecule has 0 aliphatic carbocycles. The molecule has 1 aliphatic heterocycles. The zero-order valence-electron chi connectivity index (χ0n) is 12.7. The Morgan fingerprint density at radius 1 is 1.40 bits per heavy atom. The monoisotopic (exact) mass is 275 g/mol. The molecule has 1 aliphatic rings. The lowest BCUT2D eigenvalue weighted by Gasteiger charge is -2.35. The second kappa shape index (κ2) is 6.40. The highest BCUT2D eigenvalue weighted by atomic mass is 16.5. The first kappa shape index (κ1) is 15.0. The van der Waals surface area contributed by atoms with Gasteiger partial charge in [0.15, 0.2) is 0 Å². The van der Waals surface area contributed by atoms with Gasteiger partial charge in [-0.2, -0.15) is 0 Å². The van der Waals surface area contributed by atoms with Gasteiger partial charge in [-0.3, -0.25) is 4.79 Å². The number of carbonyl (C=O) groups excluding carboxylic acids is 1. The lowest BCUT2D eigenvalue weighted by Crippen LogP contribution is -2.41. The Morgan fingerprint density at radius 3 is 2.70 bits per heavy atom. The van der Waals surface area contributed by atoms with Crippen molar-refractivity contribution in [2.45, 2.75) is 32.6 Å². The molecule has 1 fully saturated rings. The van der Waals surface area contributed by atoms with Gasteiger partial charge in [0, 0.05) is 18.5 Å². The van der Waals surface area contributed by atoms with Crippen LogP contribution < -0.4 is 5.32 Å². The largest absolute Gasteiger partial charge is 0.466 e.